The molecule has 2 aromatic heterocycles. The van der Waals surface area contributed by atoms with Crippen LogP contribution in [0.15, 0.2) is 11.4 Å². The molecule has 0 saturated heterocycles. The van der Waals surface area contributed by atoms with Crippen LogP contribution in [-0.2, 0) is 4.79 Å². The number of nitrogens with one attached hydrogen (secondary N) is 1. The number of nitrogens with zero attached hydrogens (tertiary/aromatic N) is 3. The van der Waals surface area contributed by atoms with Gasteiger partial charge in [0.25, 0.3) is 0 Å². The number of carbonyl (C=O) groups excluding carboxylic acids is 1. The number of hydrogen-bond acceptors (Lipinski definition) is 5. The molecule has 0 radical (unpaired) electrons. The Morgan fingerprint density at radius 1 is 1.53 bits per heavy atom. The van der Waals surface area contributed by atoms with Crippen molar-refractivity contribution in [2.45, 2.75) is 0 Å². The molecule has 0 atom stereocenters. The van der Waals surface area contributed by atoms with E-state index in [1.54, 1.807) is 14.1 Å². The first-order valence-electron chi connectivity index (χ1n) is 4.92. The first-order chi connectivity index (χ1) is 8.08. The van der Waals surface area contributed by atoms with E-state index in [1.807, 2.05) is 11.4 Å². The highest BCUT2D eigenvalue weighted by Crippen LogP contribution is 2.26. The molecule has 17 heavy (non-hydrogen) atoms. The highest BCUT2D eigenvalue weighted by atomic mass is 35.5. The van der Waals surface area contributed by atoms with Gasteiger partial charge in [-0.1, -0.05) is 0 Å². The minimum absolute atomic E-state index is 0.0249. The third-order valence-corrected chi connectivity index (χ3v) is 3.18. The molecule has 1 amide bonds. The van der Waals surface area contributed by atoms with E-state index in [0.29, 0.717) is 5.82 Å². The Bertz CT molecular complexity index is 554. The van der Waals surface area contributed by atoms with Crippen molar-refractivity contribution in [2.24, 2.45) is 0 Å². The SMILES string of the molecule is CN(C)C(=O)CNc1nc(Cl)nc2sccc12. The Balaban J connectivity index is 2.23. The van der Waals surface area contributed by atoms with Gasteiger partial charge in [-0.3, -0.25) is 4.79 Å². The number of thiophene rings is 1. The summed E-state index contributed by atoms with van der Waals surface area (Å²) in [5.41, 5.74) is 0. The molecule has 0 saturated carbocycles. The van der Waals surface area contributed by atoms with E-state index in [4.69, 9.17) is 11.6 Å². The molecule has 7 heteroatoms. The van der Waals surface area contributed by atoms with Crippen LogP contribution in [0.2, 0.25) is 5.28 Å². The molecule has 0 fully saturated rings. The summed E-state index contributed by atoms with van der Waals surface area (Å²) in [4.78, 5) is 22.0. The summed E-state index contributed by atoms with van der Waals surface area (Å²) in [6.07, 6.45) is 0. The molecule has 0 unspecified atom stereocenters. The average Bonchev–Trinajstić information content (AvgIpc) is 2.72. The molecule has 0 aromatic carbocycles. The molecule has 0 spiro atoms. The van der Waals surface area contributed by atoms with E-state index in [1.165, 1.54) is 16.2 Å². The van der Waals surface area contributed by atoms with E-state index in [-0.39, 0.29) is 17.7 Å². The lowest BCUT2D eigenvalue weighted by Gasteiger charge is -2.11. The lowest BCUT2D eigenvalue weighted by atomic mass is 10.4. The van der Waals surface area contributed by atoms with Crippen molar-refractivity contribution in [1.82, 2.24) is 14.9 Å². The fourth-order valence-electron chi connectivity index (χ4n) is 1.28. The number of likely N-dealkylation sites (N-methyl/N-ethyl adjacent to an activating group) is 1. The van der Waals surface area contributed by atoms with Crippen LogP contribution >= 0.6 is 22.9 Å². The van der Waals surface area contributed by atoms with Gasteiger partial charge in [-0.25, -0.2) is 9.97 Å². The number of halogens is 1. The van der Waals surface area contributed by atoms with Crippen molar-refractivity contribution in [2.75, 3.05) is 26.0 Å². The number of aromatic nitrogens is 2. The maximum atomic E-state index is 11.5. The van der Waals surface area contributed by atoms with Crippen molar-refractivity contribution in [1.29, 1.82) is 0 Å². The van der Waals surface area contributed by atoms with Crippen molar-refractivity contribution in [3.63, 3.8) is 0 Å². The highest BCUT2D eigenvalue weighted by molar-refractivity contribution is 7.16. The predicted octanol–water partition coefficient (Wildman–Crippen LogP) is 1.84. The Morgan fingerprint density at radius 3 is 3.00 bits per heavy atom. The Kier molecular flexibility index (Phi) is 3.44. The van der Waals surface area contributed by atoms with E-state index in [9.17, 15) is 4.79 Å². The lowest BCUT2D eigenvalue weighted by molar-refractivity contribution is -0.126. The fourth-order valence-corrected chi connectivity index (χ4v) is 2.26. The zero-order valence-corrected chi connectivity index (χ0v) is 11.0. The fraction of sp³-hybridized carbons (Fsp3) is 0.300. The van der Waals surface area contributed by atoms with Gasteiger partial charge in [0.15, 0.2) is 0 Å². The second kappa shape index (κ2) is 4.85. The van der Waals surface area contributed by atoms with Gasteiger partial charge < -0.3 is 10.2 Å². The van der Waals surface area contributed by atoms with Crippen LogP contribution in [0.3, 0.4) is 0 Å². The monoisotopic (exact) mass is 270 g/mol. The predicted molar refractivity (Wildman–Crippen MR) is 69.6 cm³/mol. The number of anilines is 1. The van der Waals surface area contributed by atoms with Gasteiger partial charge in [0.05, 0.1) is 11.9 Å². The van der Waals surface area contributed by atoms with Crippen molar-refractivity contribution in [3.8, 4) is 0 Å². The summed E-state index contributed by atoms with van der Waals surface area (Å²) < 4.78 is 0. The van der Waals surface area contributed by atoms with E-state index >= 15 is 0 Å². The second-order valence-electron chi connectivity index (χ2n) is 3.62. The summed E-state index contributed by atoms with van der Waals surface area (Å²) in [6, 6.07) is 1.90. The van der Waals surface area contributed by atoms with Crippen LogP contribution in [0.5, 0.6) is 0 Å². The van der Waals surface area contributed by atoms with Gasteiger partial charge in [-0.05, 0) is 23.0 Å². The number of fused-ring (bicyclic) bond motifs is 1. The van der Waals surface area contributed by atoms with Crippen LogP contribution in [0, 0.1) is 0 Å². The molecule has 0 aliphatic carbocycles. The number of hydrogen-bond donors (Lipinski definition) is 1. The number of amides is 1. The molecule has 1 N–H and O–H groups in total. The molecular formula is C10H11ClN4OS. The summed E-state index contributed by atoms with van der Waals surface area (Å²) in [7, 11) is 3.41. The molecule has 0 bridgehead atoms. The molecule has 90 valence electrons. The normalized spacial score (nSPS) is 10.5. The van der Waals surface area contributed by atoms with Crippen molar-refractivity contribution < 1.29 is 4.79 Å². The van der Waals surface area contributed by atoms with Gasteiger partial charge in [0.1, 0.15) is 10.6 Å². The molecule has 0 aliphatic heterocycles. The third-order valence-electron chi connectivity index (χ3n) is 2.20. The standard InChI is InChI=1S/C10H11ClN4OS/c1-15(2)7(16)5-12-8-6-3-4-17-9(6)14-10(11)13-8/h3-4H,5H2,1-2H3,(H,12,13,14). The van der Waals surface area contributed by atoms with Gasteiger partial charge >= 0.3 is 0 Å². The maximum absolute atomic E-state index is 11.5. The summed E-state index contributed by atoms with van der Waals surface area (Å²) in [6.45, 7) is 0.186. The van der Waals surface area contributed by atoms with Crippen LogP contribution in [0.25, 0.3) is 10.2 Å². The number of carbonyl (C=O) groups is 1. The maximum Gasteiger partial charge on any atom is 0.241 e. The second-order valence-corrected chi connectivity index (χ2v) is 4.86. The number of rotatable bonds is 3. The topological polar surface area (TPSA) is 58.1 Å². The molecule has 0 aliphatic rings. The summed E-state index contributed by atoms with van der Waals surface area (Å²) >= 11 is 7.29. The first-order valence-corrected chi connectivity index (χ1v) is 6.18. The smallest absolute Gasteiger partial charge is 0.241 e. The molecule has 5 nitrogen and oxygen atoms in total. The summed E-state index contributed by atoms with van der Waals surface area (Å²) in [5.74, 6) is 0.569. The van der Waals surface area contributed by atoms with Crippen LogP contribution in [0.1, 0.15) is 0 Å². The Hall–Kier alpha value is -1.40. The lowest BCUT2D eigenvalue weighted by Crippen LogP contribution is -2.28. The quantitative estimate of drug-likeness (QED) is 0.865. The zero-order valence-electron chi connectivity index (χ0n) is 9.40. The van der Waals surface area contributed by atoms with Crippen molar-refractivity contribution >= 4 is 44.9 Å². The van der Waals surface area contributed by atoms with E-state index in [0.717, 1.165) is 10.2 Å². The van der Waals surface area contributed by atoms with Crippen LogP contribution in [0.4, 0.5) is 5.82 Å². The van der Waals surface area contributed by atoms with Crippen LogP contribution < -0.4 is 5.32 Å². The van der Waals surface area contributed by atoms with Gasteiger partial charge in [0, 0.05) is 14.1 Å². The van der Waals surface area contributed by atoms with Crippen molar-refractivity contribution in [3.05, 3.63) is 16.7 Å². The molecular weight excluding hydrogens is 260 g/mol. The van der Waals surface area contributed by atoms with E-state index < -0.39 is 0 Å². The van der Waals surface area contributed by atoms with Gasteiger partial charge in [0.2, 0.25) is 11.2 Å². The highest BCUT2D eigenvalue weighted by Gasteiger charge is 2.09. The first kappa shape index (κ1) is 12.1. The van der Waals surface area contributed by atoms with E-state index in [2.05, 4.69) is 15.3 Å². The molecule has 2 aromatic rings. The zero-order chi connectivity index (χ0) is 12.4. The Labute approximate surface area is 107 Å². The Morgan fingerprint density at radius 2 is 2.29 bits per heavy atom. The third kappa shape index (κ3) is 2.65. The molecule has 2 heterocycles. The van der Waals surface area contributed by atoms with Crippen LogP contribution in [-0.4, -0.2) is 41.4 Å². The minimum atomic E-state index is -0.0249. The van der Waals surface area contributed by atoms with Gasteiger partial charge in [-0.2, -0.15) is 0 Å². The summed E-state index contributed by atoms with van der Waals surface area (Å²) in [5, 5.41) is 5.95. The van der Waals surface area contributed by atoms with Gasteiger partial charge in [-0.15, -0.1) is 11.3 Å². The largest absolute Gasteiger partial charge is 0.360 e. The molecule has 2 rings (SSSR count). The average molecular weight is 271 g/mol. The minimum Gasteiger partial charge on any atom is -0.360 e.